The molecule has 1 saturated heterocycles. The molecule has 1 aliphatic heterocycles. The molecule has 2 aliphatic carbocycles. The zero-order valence-electron chi connectivity index (χ0n) is 22.2. The van der Waals surface area contributed by atoms with Gasteiger partial charge in [0.25, 0.3) is 5.91 Å². The van der Waals surface area contributed by atoms with E-state index in [1.807, 2.05) is 12.1 Å². The van der Waals surface area contributed by atoms with Gasteiger partial charge in [-0.05, 0) is 93.3 Å². The zero-order valence-corrected chi connectivity index (χ0v) is 22.2. The number of rotatable bonds is 8. The molecule has 0 aromatic heterocycles. The molecule has 7 nitrogen and oxygen atoms in total. The predicted molar refractivity (Wildman–Crippen MR) is 144 cm³/mol. The molecule has 204 valence electrons. The van der Waals surface area contributed by atoms with Gasteiger partial charge < -0.3 is 20.7 Å². The Morgan fingerprint density at radius 3 is 2.29 bits per heavy atom. The summed E-state index contributed by atoms with van der Waals surface area (Å²) in [5, 5.41) is 3.24. The first kappa shape index (κ1) is 26.6. The predicted octanol–water partition coefficient (Wildman–Crippen LogP) is 3.86. The smallest absolute Gasteiger partial charge is 0.254 e. The first-order chi connectivity index (χ1) is 18.4. The quantitative estimate of drug-likeness (QED) is 0.550. The van der Waals surface area contributed by atoms with E-state index in [1.54, 1.807) is 12.0 Å². The number of carbonyl (C=O) groups excluding carboxylic acids is 2. The summed E-state index contributed by atoms with van der Waals surface area (Å²) in [7, 11) is 1.67. The Balaban J connectivity index is 1.34. The molecule has 3 fully saturated rings. The Morgan fingerprint density at radius 2 is 1.66 bits per heavy atom. The van der Waals surface area contributed by atoms with Gasteiger partial charge in [-0.15, -0.1) is 0 Å². The lowest BCUT2D eigenvalue weighted by molar-refractivity contribution is -0.128. The van der Waals surface area contributed by atoms with Gasteiger partial charge in [-0.25, -0.2) is 4.39 Å². The third-order valence-corrected chi connectivity index (χ3v) is 8.36. The van der Waals surface area contributed by atoms with E-state index in [2.05, 4.69) is 22.3 Å². The molecule has 8 heteroatoms. The van der Waals surface area contributed by atoms with Crippen LogP contribution in [0.15, 0.2) is 48.5 Å². The van der Waals surface area contributed by atoms with E-state index in [4.69, 9.17) is 10.5 Å². The van der Waals surface area contributed by atoms with Gasteiger partial charge in [0.1, 0.15) is 17.6 Å². The summed E-state index contributed by atoms with van der Waals surface area (Å²) in [4.78, 5) is 31.4. The lowest BCUT2D eigenvalue weighted by Gasteiger charge is -2.43. The van der Waals surface area contributed by atoms with Gasteiger partial charge in [-0.2, -0.15) is 0 Å². The second kappa shape index (κ2) is 11.8. The molecule has 2 aromatic carbocycles. The van der Waals surface area contributed by atoms with Crippen LogP contribution in [0.4, 0.5) is 4.39 Å². The Labute approximate surface area is 224 Å². The molecule has 0 bridgehead atoms. The highest BCUT2D eigenvalue weighted by molar-refractivity contribution is 5.97. The number of nitrogens with one attached hydrogen (secondary N) is 1. The minimum atomic E-state index is -0.570. The van der Waals surface area contributed by atoms with Crippen LogP contribution in [0.3, 0.4) is 0 Å². The van der Waals surface area contributed by atoms with Crippen molar-refractivity contribution in [2.24, 2.45) is 5.73 Å². The summed E-state index contributed by atoms with van der Waals surface area (Å²) in [6, 6.07) is 14.2. The lowest BCUT2D eigenvalue weighted by Crippen LogP contribution is -2.58. The first-order valence-corrected chi connectivity index (χ1v) is 13.9. The number of benzene rings is 2. The van der Waals surface area contributed by atoms with Crippen LogP contribution in [0.5, 0.6) is 5.75 Å². The van der Waals surface area contributed by atoms with Gasteiger partial charge in [0.15, 0.2) is 0 Å². The molecular formula is C30H39FN4O3. The van der Waals surface area contributed by atoms with Gasteiger partial charge in [0.05, 0.1) is 7.11 Å². The number of likely N-dealkylation sites (tertiary alicyclic amines) is 1. The zero-order chi connectivity index (χ0) is 26.6. The number of nitrogens with two attached hydrogens (primary N) is 1. The first-order valence-electron chi connectivity index (χ1n) is 13.9. The highest BCUT2D eigenvalue weighted by Crippen LogP contribution is 2.35. The number of carbonyl (C=O) groups is 2. The van der Waals surface area contributed by atoms with E-state index >= 15 is 0 Å². The molecule has 2 aromatic rings. The number of nitrogens with zero attached hydrogens (tertiary/aromatic N) is 2. The topological polar surface area (TPSA) is 87.9 Å². The van der Waals surface area contributed by atoms with Crippen molar-refractivity contribution in [2.75, 3.05) is 13.7 Å². The van der Waals surface area contributed by atoms with E-state index in [9.17, 15) is 14.0 Å². The minimum Gasteiger partial charge on any atom is -0.497 e. The van der Waals surface area contributed by atoms with E-state index in [1.165, 1.54) is 29.8 Å². The number of ether oxygens (including phenoxy) is 1. The summed E-state index contributed by atoms with van der Waals surface area (Å²) in [5.74, 6) is 0.136. The van der Waals surface area contributed by atoms with E-state index in [0.29, 0.717) is 24.6 Å². The Kier molecular flexibility index (Phi) is 8.29. The van der Waals surface area contributed by atoms with Crippen LogP contribution in [0, 0.1) is 5.82 Å². The molecule has 38 heavy (non-hydrogen) atoms. The number of hydrogen-bond donors (Lipinski definition) is 2. The highest BCUT2D eigenvalue weighted by atomic mass is 19.1. The van der Waals surface area contributed by atoms with Crippen LogP contribution in [0.25, 0.3) is 0 Å². The number of methoxy groups -OCH3 is 1. The van der Waals surface area contributed by atoms with Gasteiger partial charge >= 0.3 is 0 Å². The van der Waals surface area contributed by atoms with Crippen molar-refractivity contribution in [3.63, 3.8) is 0 Å². The molecule has 1 heterocycles. The summed E-state index contributed by atoms with van der Waals surface area (Å²) < 4.78 is 18.8. The van der Waals surface area contributed by atoms with E-state index < -0.39 is 6.04 Å². The second-order valence-electron chi connectivity index (χ2n) is 11.1. The fourth-order valence-corrected chi connectivity index (χ4v) is 5.96. The Hall–Kier alpha value is -2.97. The fourth-order valence-electron chi connectivity index (χ4n) is 5.96. The fraction of sp³-hybridized carbons (Fsp3) is 0.533. The summed E-state index contributed by atoms with van der Waals surface area (Å²) in [6.45, 7) is 1.29. The normalized spacial score (nSPS) is 25.7. The Bertz CT molecular complexity index is 1100. The average molecular weight is 523 g/mol. The van der Waals surface area contributed by atoms with Crippen molar-refractivity contribution in [1.29, 1.82) is 0 Å². The molecule has 3 N–H and O–H groups in total. The van der Waals surface area contributed by atoms with Crippen LogP contribution in [0.2, 0.25) is 0 Å². The van der Waals surface area contributed by atoms with Crippen molar-refractivity contribution in [3.8, 4) is 5.75 Å². The third kappa shape index (κ3) is 6.35. The van der Waals surface area contributed by atoms with Gasteiger partial charge in [-0.3, -0.25) is 14.5 Å². The van der Waals surface area contributed by atoms with Crippen LogP contribution in [-0.4, -0.2) is 65.5 Å². The standard InChI is InChI=1S/C30H39FN4O3/c1-38-27-14-2-20(3-15-27)19-35(25-12-13-25)26-16-17-34(30(37)21-4-6-22(31)7-5-21)28(18-26)29(36)33-24-10-8-23(32)9-11-24/h2-7,14-15,23-26,28H,8-13,16-19,32H2,1H3,(H,33,36)/t23?,24?,26?,28-/m1/s1. The number of piperidine rings is 1. The summed E-state index contributed by atoms with van der Waals surface area (Å²) >= 11 is 0. The van der Waals surface area contributed by atoms with Gasteiger partial charge in [0, 0.05) is 42.8 Å². The number of halogens is 1. The van der Waals surface area contributed by atoms with Crippen molar-refractivity contribution in [2.45, 2.75) is 88.1 Å². The molecule has 2 amide bonds. The Morgan fingerprint density at radius 1 is 0.974 bits per heavy atom. The minimum absolute atomic E-state index is 0.0873. The van der Waals surface area contributed by atoms with Crippen molar-refractivity contribution in [3.05, 3.63) is 65.5 Å². The molecular weight excluding hydrogens is 483 g/mol. The monoisotopic (exact) mass is 522 g/mol. The van der Waals surface area contributed by atoms with Crippen LogP contribution in [-0.2, 0) is 11.3 Å². The number of hydrogen-bond acceptors (Lipinski definition) is 5. The highest BCUT2D eigenvalue weighted by Gasteiger charge is 2.42. The molecule has 3 aliphatic rings. The van der Waals surface area contributed by atoms with Gasteiger partial charge in [0.2, 0.25) is 5.91 Å². The lowest BCUT2D eigenvalue weighted by atomic mass is 9.90. The maximum Gasteiger partial charge on any atom is 0.254 e. The third-order valence-electron chi connectivity index (χ3n) is 8.36. The molecule has 0 spiro atoms. The molecule has 5 rings (SSSR count). The van der Waals surface area contributed by atoms with Crippen molar-refractivity contribution >= 4 is 11.8 Å². The summed E-state index contributed by atoms with van der Waals surface area (Å²) in [5.41, 5.74) is 7.68. The molecule has 2 saturated carbocycles. The van der Waals surface area contributed by atoms with Gasteiger partial charge in [-0.1, -0.05) is 12.1 Å². The molecule has 0 radical (unpaired) electrons. The maximum absolute atomic E-state index is 13.7. The number of amides is 2. The van der Waals surface area contributed by atoms with Crippen molar-refractivity contribution in [1.82, 2.24) is 15.1 Å². The van der Waals surface area contributed by atoms with Crippen LogP contribution in [0.1, 0.15) is 67.3 Å². The second-order valence-corrected chi connectivity index (χ2v) is 11.1. The largest absolute Gasteiger partial charge is 0.497 e. The van der Waals surface area contributed by atoms with Crippen LogP contribution >= 0.6 is 0 Å². The van der Waals surface area contributed by atoms with Crippen LogP contribution < -0.4 is 15.8 Å². The van der Waals surface area contributed by atoms with E-state index in [0.717, 1.165) is 57.2 Å². The van der Waals surface area contributed by atoms with E-state index in [-0.39, 0.29) is 35.8 Å². The molecule has 2 atom stereocenters. The maximum atomic E-state index is 13.7. The van der Waals surface area contributed by atoms with Crippen molar-refractivity contribution < 1.29 is 18.7 Å². The molecule has 1 unspecified atom stereocenters. The average Bonchev–Trinajstić information content (AvgIpc) is 3.78. The SMILES string of the molecule is COc1ccc(CN(C2CC2)C2CCN(C(=O)c3ccc(F)cc3)[C@@H](C(=O)NC3CCC(N)CC3)C2)cc1. The summed E-state index contributed by atoms with van der Waals surface area (Å²) in [6.07, 6.45) is 7.20.